The average molecular weight is 834 g/mol. The van der Waals surface area contributed by atoms with Crippen molar-refractivity contribution in [3.8, 4) is 0 Å². The summed E-state index contributed by atoms with van der Waals surface area (Å²) in [4.78, 5) is 26.1. The first-order valence-electron chi connectivity index (χ1n) is 26.4. The van der Waals surface area contributed by atoms with Crippen LogP contribution in [0, 0.1) is 0 Å². The highest BCUT2D eigenvalue weighted by molar-refractivity contribution is 5.77. The van der Waals surface area contributed by atoms with Gasteiger partial charge in [0.05, 0.1) is 25.2 Å². The smallest absolute Gasteiger partial charge is 0.306 e. The van der Waals surface area contributed by atoms with Gasteiger partial charge in [-0.15, -0.1) is 0 Å². The molecule has 350 valence electrons. The number of aliphatic hydroxyl groups excluding tert-OH is 2. The molecular weight excluding hydrogens is 731 g/mol. The number of hydrogen-bond donors (Lipinski definition) is 3. The number of amides is 1. The Labute approximate surface area is 368 Å². The van der Waals surface area contributed by atoms with Crippen LogP contribution in [0.1, 0.15) is 290 Å². The molecule has 3 unspecified atom stereocenters. The van der Waals surface area contributed by atoms with Crippen LogP contribution in [0.4, 0.5) is 0 Å². The van der Waals surface area contributed by atoms with Crippen molar-refractivity contribution < 1.29 is 24.5 Å². The number of nitrogens with one attached hydrogen (secondary N) is 1. The molecule has 0 aromatic heterocycles. The molecule has 0 saturated carbocycles. The van der Waals surface area contributed by atoms with Crippen molar-refractivity contribution in [2.24, 2.45) is 0 Å². The first kappa shape index (κ1) is 57.6. The Kier molecular flexibility index (Phi) is 46.5. The summed E-state index contributed by atoms with van der Waals surface area (Å²) in [7, 11) is 0. The van der Waals surface area contributed by atoms with E-state index in [0.717, 1.165) is 51.4 Å². The fourth-order valence-electron chi connectivity index (χ4n) is 8.31. The second-order valence-corrected chi connectivity index (χ2v) is 18.3. The Morgan fingerprint density at radius 3 is 1.20 bits per heavy atom. The van der Waals surface area contributed by atoms with Crippen molar-refractivity contribution in [3.05, 3.63) is 12.2 Å². The zero-order chi connectivity index (χ0) is 43.1. The normalized spacial score (nSPS) is 13.2. The lowest BCUT2D eigenvalue weighted by atomic mass is 10.0. The molecule has 59 heavy (non-hydrogen) atoms. The summed E-state index contributed by atoms with van der Waals surface area (Å²) in [5.41, 5.74) is 0. The third-order valence-corrected chi connectivity index (χ3v) is 12.3. The van der Waals surface area contributed by atoms with Crippen molar-refractivity contribution in [1.29, 1.82) is 0 Å². The molecule has 0 rings (SSSR count). The molecule has 3 atom stereocenters. The molecule has 0 aromatic carbocycles. The summed E-state index contributed by atoms with van der Waals surface area (Å²) in [6, 6.07) is -0.697. The van der Waals surface area contributed by atoms with Gasteiger partial charge >= 0.3 is 5.97 Å². The Bertz CT molecular complexity index is 893. The zero-order valence-electron chi connectivity index (χ0n) is 39.9. The standard InChI is InChI=1S/C53H103NO5/c1-4-7-10-13-16-19-22-25-28-31-34-37-40-43-46-53(58)59-49(44-41-38-35-32-29-26-23-20-17-14-11-8-5-2)47-52(57)54-50(48-55)51(56)45-42-39-36-33-30-27-24-21-18-15-12-9-6-3/h28,31,49-51,55-56H,4-27,29-30,32-48H2,1-3H3,(H,54,57)/b31-28-. The number of rotatable bonds is 48. The molecule has 0 aromatic rings. The Hall–Kier alpha value is -1.40. The lowest BCUT2D eigenvalue weighted by Gasteiger charge is -2.24. The molecule has 3 N–H and O–H groups in total. The van der Waals surface area contributed by atoms with E-state index < -0.39 is 18.2 Å². The molecule has 0 aliphatic carbocycles. The number of carbonyl (C=O) groups is 2. The maximum atomic E-state index is 13.2. The minimum atomic E-state index is -0.783. The summed E-state index contributed by atoms with van der Waals surface area (Å²) in [5, 5.41) is 23.8. The van der Waals surface area contributed by atoms with E-state index in [9.17, 15) is 19.8 Å². The number of unbranched alkanes of at least 4 members (excludes halogenated alkanes) is 34. The maximum Gasteiger partial charge on any atom is 0.306 e. The summed E-state index contributed by atoms with van der Waals surface area (Å²) < 4.78 is 5.93. The molecule has 0 spiro atoms. The van der Waals surface area contributed by atoms with E-state index in [2.05, 4.69) is 38.2 Å². The second kappa shape index (κ2) is 47.6. The topological polar surface area (TPSA) is 95.9 Å². The lowest BCUT2D eigenvalue weighted by molar-refractivity contribution is -0.151. The number of ether oxygens (including phenoxy) is 1. The van der Waals surface area contributed by atoms with Gasteiger partial charge in [0.1, 0.15) is 6.10 Å². The minimum absolute atomic E-state index is 0.0789. The molecule has 0 heterocycles. The highest BCUT2D eigenvalue weighted by Gasteiger charge is 2.24. The monoisotopic (exact) mass is 834 g/mol. The van der Waals surface area contributed by atoms with Crippen molar-refractivity contribution >= 4 is 11.9 Å². The molecule has 0 radical (unpaired) electrons. The van der Waals surface area contributed by atoms with Gasteiger partial charge < -0.3 is 20.3 Å². The Morgan fingerprint density at radius 2 is 0.814 bits per heavy atom. The van der Waals surface area contributed by atoms with Crippen LogP contribution in [0.15, 0.2) is 12.2 Å². The minimum Gasteiger partial charge on any atom is -0.462 e. The second-order valence-electron chi connectivity index (χ2n) is 18.3. The third kappa shape index (κ3) is 43.1. The third-order valence-electron chi connectivity index (χ3n) is 12.3. The number of aliphatic hydroxyl groups is 2. The highest BCUT2D eigenvalue weighted by atomic mass is 16.5. The van der Waals surface area contributed by atoms with Gasteiger partial charge in [0, 0.05) is 6.42 Å². The van der Waals surface area contributed by atoms with Gasteiger partial charge in [-0.1, -0.05) is 238 Å². The van der Waals surface area contributed by atoms with E-state index in [-0.39, 0.29) is 24.9 Å². The molecule has 6 heteroatoms. The molecule has 0 fully saturated rings. The molecule has 0 bridgehead atoms. The van der Waals surface area contributed by atoms with Crippen molar-refractivity contribution in [1.82, 2.24) is 5.32 Å². The van der Waals surface area contributed by atoms with E-state index in [1.54, 1.807) is 0 Å². The molecule has 0 saturated heterocycles. The Balaban J connectivity index is 4.54. The molecule has 0 aliphatic rings. The fraction of sp³-hybridized carbons (Fsp3) is 0.925. The largest absolute Gasteiger partial charge is 0.462 e. The first-order valence-corrected chi connectivity index (χ1v) is 26.4. The van der Waals surface area contributed by atoms with E-state index in [1.807, 2.05) is 0 Å². The molecular formula is C53H103NO5. The van der Waals surface area contributed by atoms with Crippen LogP contribution in [-0.4, -0.2) is 46.9 Å². The summed E-state index contributed by atoms with van der Waals surface area (Å²) in [5.74, 6) is -0.475. The van der Waals surface area contributed by atoms with E-state index in [4.69, 9.17) is 4.74 Å². The molecule has 1 amide bonds. The fourth-order valence-corrected chi connectivity index (χ4v) is 8.31. The average Bonchev–Trinajstić information content (AvgIpc) is 3.23. The molecule has 0 aliphatic heterocycles. The van der Waals surface area contributed by atoms with Gasteiger partial charge in [-0.05, 0) is 51.4 Å². The van der Waals surface area contributed by atoms with Crippen LogP contribution in [0.2, 0.25) is 0 Å². The predicted octanol–water partition coefficient (Wildman–Crippen LogP) is 15.7. The molecule has 6 nitrogen and oxygen atoms in total. The van der Waals surface area contributed by atoms with Crippen LogP contribution < -0.4 is 5.32 Å². The van der Waals surface area contributed by atoms with Gasteiger partial charge in [-0.2, -0.15) is 0 Å². The van der Waals surface area contributed by atoms with Gasteiger partial charge in [0.15, 0.2) is 0 Å². The summed E-state index contributed by atoms with van der Waals surface area (Å²) >= 11 is 0. The van der Waals surface area contributed by atoms with Gasteiger partial charge in [0.2, 0.25) is 5.91 Å². The van der Waals surface area contributed by atoms with Crippen LogP contribution >= 0.6 is 0 Å². The number of allylic oxidation sites excluding steroid dienone is 2. The quantitative estimate of drug-likeness (QED) is 0.0322. The van der Waals surface area contributed by atoms with Crippen molar-refractivity contribution in [2.45, 2.75) is 309 Å². The predicted molar refractivity (Wildman–Crippen MR) is 255 cm³/mol. The maximum absolute atomic E-state index is 13.2. The van der Waals surface area contributed by atoms with E-state index in [1.165, 1.54) is 193 Å². The zero-order valence-corrected chi connectivity index (χ0v) is 39.9. The van der Waals surface area contributed by atoms with Gasteiger partial charge in [0.25, 0.3) is 0 Å². The SMILES string of the molecule is CCCCCCCCC/C=C\CCCCCC(=O)OC(CCCCCCCCCCCCCCC)CC(=O)NC(CO)C(O)CCCCCCCCCCCCCCC. The lowest BCUT2D eigenvalue weighted by Crippen LogP contribution is -2.46. The highest BCUT2D eigenvalue weighted by Crippen LogP contribution is 2.18. The van der Waals surface area contributed by atoms with Gasteiger partial charge in [-0.3, -0.25) is 9.59 Å². The van der Waals surface area contributed by atoms with Crippen LogP contribution in [0.5, 0.6) is 0 Å². The Morgan fingerprint density at radius 1 is 0.475 bits per heavy atom. The van der Waals surface area contributed by atoms with Crippen LogP contribution in [0.25, 0.3) is 0 Å². The number of esters is 1. The van der Waals surface area contributed by atoms with Crippen LogP contribution in [0.3, 0.4) is 0 Å². The van der Waals surface area contributed by atoms with Crippen molar-refractivity contribution in [2.75, 3.05) is 6.61 Å². The van der Waals surface area contributed by atoms with Crippen molar-refractivity contribution in [3.63, 3.8) is 0 Å². The number of hydrogen-bond acceptors (Lipinski definition) is 5. The summed E-state index contributed by atoms with van der Waals surface area (Å²) in [6.45, 7) is 6.50. The number of carbonyl (C=O) groups excluding carboxylic acids is 2. The first-order chi connectivity index (χ1) is 29.0. The van der Waals surface area contributed by atoms with Crippen LogP contribution in [-0.2, 0) is 14.3 Å². The summed E-state index contributed by atoms with van der Waals surface area (Å²) in [6.07, 6.45) is 52.7. The van der Waals surface area contributed by atoms with E-state index in [0.29, 0.717) is 19.3 Å². The van der Waals surface area contributed by atoms with Gasteiger partial charge in [-0.25, -0.2) is 0 Å². The van der Waals surface area contributed by atoms with E-state index >= 15 is 0 Å².